The molecule has 0 saturated carbocycles. The largest absolute Gasteiger partial charge is 2.00 e. The molecule has 0 heterocycles. The Morgan fingerprint density at radius 1 is 0.441 bits per heavy atom. The maximum absolute atomic E-state index is 12.2. The molecule has 6 rings (SSSR count). The minimum Gasteiger partial charge on any atom is -0.613 e. The van der Waals surface area contributed by atoms with Gasteiger partial charge in [-0.05, 0) is 134 Å². The number of benzene rings is 4. The summed E-state index contributed by atoms with van der Waals surface area (Å²) in [6.45, 7) is 1.33. The Morgan fingerprint density at radius 2 is 0.746 bits per heavy atom. The van der Waals surface area contributed by atoms with Gasteiger partial charge in [0.05, 0.1) is 50.5 Å². The third-order valence-electron chi connectivity index (χ3n) is 8.10. The van der Waals surface area contributed by atoms with E-state index in [1.807, 2.05) is 0 Å². The zero-order valence-electron chi connectivity index (χ0n) is 32.4. The molecule has 4 aromatic rings. The average Bonchev–Trinajstić information content (AvgIpc) is 4.01. The van der Waals surface area contributed by atoms with Crippen LogP contribution in [0.2, 0.25) is 0 Å². The van der Waals surface area contributed by atoms with Crippen LogP contribution in [0.15, 0.2) is 169 Å². The van der Waals surface area contributed by atoms with Crippen molar-refractivity contribution < 1.29 is 74.8 Å². The van der Waals surface area contributed by atoms with Crippen molar-refractivity contribution >= 4 is 11.9 Å². The molecule has 0 saturated heterocycles. The van der Waals surface area contributed by atoms with Crippen molar-refractivity contribution in [2.24, 2.45) is 0 Å². The van der Waals surface area contributed by atoms with Crippen LogP contribution in [0.4, 0.5) is 0 Å². The second-order valence-electron chi connectivity index (χ2n) is 12.2. The van der Waals surface area contributed by atoms with Gasteiger partial charge in [0.25, 0.3) is 0 Å². The smallest absolute Gasteiger partial charge is 0.613 e. The number of esters is 2. The van der Waals surface area contributed by atoms with E-state index in [9.17, 15) is 19.8 Å². The van der Waals surface area contributed by atoms with Crippen molar-refractivity contribution in [3.63, 3.8) is 0 Å². The van der Waals surface area contributed by atoms with Gasteiger partial charge >= 0.3 is 29.0 Å². The van der Waals surface area contributed by atoms with Gasteiger partial charge in [-0.2, -0.15) is 0 Å². The maximum Gasteiger partial charge on any atom is 2.00 e. The molecule has 0 N–H and O–H groups in total. The first-order chi connectivity index (χ1) is 28.3. The van der Waals surface area contributed by atoms with Gasteiger partial charge < -0.3 is 48.1 Å². The Labute approximate surface area is 353 Å². The number of rotatable bonds is 18. The average molecular weight is 843 g/mol. The monoisotopic (exact) mass is 842 g/mol. The Hall–Kier alpha value is -6.82. The fourth-order valence-electron chi connectivity index (χ4n) is 5.01. The quantitative estimate of drug-likeness (QED) is 0.0341. The summed E-state index contributed by atoms with van der Waals surface area (Å²) >= 11 is 0. The molecule has 306 valence electrons. The molecule has 0 radical (unpaired) electrons. The Balaban J connectivity index is 0.000000256. The first kappa shape index (κ1) is 44.9. The van der Waals surface area contributed by atoms with E-state index < -0.39 is 11.9 Å². The molecule has 0 amide bonds. The van der Waals surface area contributed by atoms with E-state index in [-0.39, 0.29) is 42.2 Å². The molecule has 12 nitrogen and oxygen atoms in total. The predicted molar refractivity (Wildman–Crippen MR) is 212 cm³/mol. The van der Waals surface area contributed by atoms with E-state index in [0.29, 0.717) is 82.8 Å². The van der Waals surface area contributed by atoms with Gasteiger partial charge in [-0.15, -0.1) is 0 Å². The molecule has 0 aromatic heterocycles. The fraction of sp³-hybridized carbons (Fsp3) is 0.174. The van der Waals surface area contributed by atoms with Crippen LogP contribution in [0.5, 0.6) is 34.5 Å². The van der Waals surface area contributed by atoms with Crippen LogP contribution < -0.4 is 38.6 Å². The van der Waals surface area contributed by atoms with E-state index >= 15 is 0 Å². The van der Waals surface area contributed by atoms with E-state index in [2.05, 4.69) is 0 Å². The van der Waals surface area contributed by atoms with Crippen molar-refractivity contribution in [1.29, 1.82) is 0 Å². The third-order valence-corrected chi connectivity index (χ3v) is 8.10. The van der Waals surface area contributed by atoms with Crippen LogP contribution in [0, 0.1) is 0 Å². The summed E-state index contributed by atoms with van der Waals surface area (Å²) in [7, 11) is 3.14. The van der Waals surface area contributed by atoms with Crippen LogP contribution in [0.25, 0.3) is 0 Å². The predicted octanol–water partition coefficient (Wildman–Crippen LogP) is 6.79. The summed E-state index contributed by atoms with van der Waals surface area (Å²) in [5.41, 5.74) is 1.92. The van der Waals surface area contributed by atoms with E-state index in [4.69, 9.17) is 37.9 Å². The van der Waals surface area contributed by atoms with Gasteiger partial charge in [-0.3, -0.25) is 0 Å². The number of methoxy groups -OCH3 is 2. The fourth-order valence-corrected chi connectivity index (χ4v) is 5.01. The minimum absolute atomic E-state index is 0. The number of carbonyl (C=O) groups is 2. The van der Waals surface area contributed by atoms with Crippen molar-refractivity contribution in [1.82, 2.24) is 0 Å². The van der Waals surface area contributed by atoms with Crippen LogP contribution >= 0.6 is 0 Å². The number of allylic oxidation sites excluding steroid dienone is 10. The number of carbonyl (C=O) groups excluding carboxylic acids is 2. The number of ether oxygens (including phenoxy) is 8. The minimum atomic E-state index is -0.457. The molecule has 59 heavy (non-hydrogen) atoms. The van der Waals surface area contributed by atoms with E-state index in [1.165, 1.54) is 0 Å². The molecular weight excluding hydrogens is 800 g/mol. The summed E-state index contributed by atoms with van der Waals surface area (Å²) in [5.74, 6) is 1.90. The van der Waals surface area contributed by atoms with Gasteiger partial charge in [0.2, 0.25) is 0 Å². The summed E-state index contributed by atoms with van der Waals surface area (Å²) in [5, 5.41) is 23.4. The SMILES string of the molecule is COc1ccc(OC(=O)c2ccc(OCCCOC([O-])=C3C=CC=C3)cc2)cc1.COc1ccc(OC(=O)c2ccc(OCCCOC([O-])=C3C=CC=C3)cc2)cc1.[Fe+2]. The van der Waals surface area contributed by atoms with Crippen molar-refractivity contribution in [2.75, 3.05) is 40.6 Å². The molecular formula is C46H42FeO12. The molecule has 0 spiro atoms. The van der Waals surface area contributed by atoms with Crippen molar-refractivity contribution in [2.45, 2.75) is 12.8 Å². The van der Waals surface area contributed by atoms with Crippen molar-refractivity contribution in [3.8, 4) is 34.5 Å². The van der Waals surface area contributed by atoms with Crippen LogP contribution in [-0.4, -0.2) is 52.6 Å². The van der Waals surface area contributed by atoms with Crippen LogP contribution in [-0.2, 0) is 26.5 Å². The molecule has 2 aliphatic rings. The van der Waals surface area contributed by atoms with E-state index in [1.54, 1.807) is 160 Å². The van der Waals surface area contributed by atoms with Gasteiger partial charge in [-0.1, -0.05) is 48.6 Å². The zero-order valence-corrected chi connectivity index (χ0v) is 33.5. The zero-order chi connectivity index (χ0) is 41.0. The van der Waals surface area contributed by atoms with Crippen LogP contribution in [0.3, 0.4) is 0 Å². The number of hydrogen-bond donors (Lipinski definition) is 0. The first-order valence-electron chi connectivity index (χ1n) is 18.3. The molecule has 0 bridgehead atoms. The van der Waals surface area contributed by atoms with Crippen LogP contribution in [0.1, 0.15) is 33.6 Å². The number of hydrogen-bond acceptors (Lipinski definition) is 12. The summed E-state index contributed by atoms with van der Waals surface area (Å²) in [6.07, 6.45) is 15.1. The second kappa shape index (κ2) is 24.1. The van der Waals surface area contributed by atoms with Crippen molar-refractivity contribution in [3.05, 3.63) is 180 Å². The van der Waals surface area contributed by atoms with E-state index in [0.717, 1.165) is 0 Å². The van der Waals surface area contributed by atoms with Gasteiger partial charge in [0.1, 0.15) is 34.5 Å². The second-order valence-corrected chi connectivity index (χ2v) is 12.2. The molecule has 2 aliphatic carbocycles. The summed E-state index contributed by atoms with van der Waals surface area (Å²) in [6, 6.07) is 26.9. The van der Waals surface area contributed by atoms with Gasteiger partial charge in [-0.25, -0.2) is 9.59 Å². The standard InChI is InChI=1S/2C23H22O6.Fe/c2*1-26-19-11-13-21(14-12-19)29-23(25)18-7-9-20(10-8-18)27-15-4-16-28-22(24)17-5-2-3-6-17;/h2*2-3,5-14,24H,4,15-16H2,1H3;/q;;+2/p-2. The first-order valence-corrected chi connectivity index (χ1v) is 18.3. The summed E-state index contributed by atoms with van der Waals surface area (Å²) < 4.78 is 42.3. The Bertz CT molecular complexity index is 1950. The Kier molecular flexibility index (Phi) is 18.3. The van der Waals surface area contributed by atoms with Gasteiger partial charge in [0, 0.05) is 0 Å². The van der Waals surface area contributed by atoms with Gasteiger partial charge in [0.15, 0.2) is 0 Å². The maximum atomic E-state index is 12.2. The molecule has 13 heteroatoms. The molecule has 0 atom stereocenters. The molecule has 0 unspecified atom stereocenters. The normalized spacial score (nSPS) is 11.8. The third kappa shape index (κ3) is 14.9. The molecule has 0 fully saturated rings. The Morgan fingerprint density at radius 3 is 1.07 bits per heavy atom. The topological polar surface area (TPSA) is 154 Å². The molecule has 4 aromatic carbocycles. The summed E-state index contributed by atoms with van der Waals surface area (Å²) in [4.78, 5) is 24.4. The molecule has 0 aliphatic heterocycles.